The van der Waals surface area contributed by atoms with Crippen molar-refractivity contribution in [3.63, 3.8) is 0 Å². The van der Waals surface area contributed by atoms with E-state index >= 15 is 0 Å². The number of aliphatic hydroxyl groups excluding tert-OH is 1. The molecule has 1 aromatic carbocycles. The summed E-state index contributed by atoms with van der Waals surface area (Å²) in [5, 5.41) is 14.8. The Morgan fingerprint density at radius 3 is 2.46 bits per heavy atom. The number of aliphatic hydroxyl groups is 1. The zero-order valence-electron chi connectivity index (χ0n) is 14.3. The van der Waals surface area contributed by atoms with Crippen molar-refractivity contribution in [2.75, 3.05) is 13.2 Å². The van der Waals surface area contributed by atoms with Crippen molar-refractivity contribution in [2.45, 2.75) is 45.1 Å². The molecule has 5 heteroatoms. The SMILES string of the molecule is CC1CCC(CCNC(=O)C(CO)NC(=O)c2ccccc2)CC1. The van der Waals surface area contributed by atoms with E-state index in [-0.39, 0.29) is 11.8 Å². The zero-order chi connectivity index (χ0) is 17.4. The standard InChI is InChI=1S/C19H28N2O3/c1-14-7-9-15(10-8-14)11-12-20-19(24)17(13-22)21-18(23)16-5-3-2-4-6-16/h2-6,14-15,17,22H,7-13H2,1H3,(H,20,24)(H,21,23). The van der Waals surface area contributed by atoms with Crippen molar-refractivity contribution in [3.05, 3.63) is 35.9 Å². The Morgan fingerprint density at radius 2 is 1.83 bits per heavy atom. The maximum absolute atomic E-state index is 12.1. The number of carbonyl (C=O) groups is 2. The molecule has 0 aromatic heterocycles. The van der Waals surface area contributed by atoms with E-state index in [1.807, 2.05) is 6.07 Å². The summed E-state index contributed by atoms with van der Waals surface area (Å²) in [6, 6.07) is 7.77. The molecule has 1 aliphatic rings. The van der Waals surface area contributed by atoms with Crippen LogP contribution in [0.5, 0.6) is 0 Å². The van der Waals surface area contributed by atoms with Gasteiger partial charge in [-0.3, -0.25) is 9.59 Å². The average Bonchev–Trinajstić information content (AvgIpc) is 2.61. The van der Waals surface area contributed by atoms with Gasteiger partial charge in [0.25, 0.3) is 5.91 Å². The summed E-state index contributed by atoms with van der Waals surface area (Å²) in [7, 11) is 0. The van der Waals surface area contributed by atoms with Crippen molar-refractivity contribution < 1.29 is 14.7 Å². The van der Waals surface area contributed by atoms with E-state index < -0.39 is 12.6 Å². The van der Waals surface area contributed by atoms with Gasteiger partial charge < -0.3 is 15.7 Å². The quantitative estimate of drug-likeness (QED) is 0.715. The summed E-state index contributed by atoms with van der Waals surface area (Å²) < 4.78 is 0. The molecule has 0 bridgehead atoms. The van der Waals surface area contributed by atoms with Crippen molar-refractivity contribution in [3.8, 4) is 0 Å². The second kappa shape index (κ2) is 9.42. The molecule has 2 rings (SSSR count). The molecule has 5 nitrogen and oxygen atoms in total. The van der Waals surface area contributed by atoms with E-state index in [4.69, 9.17) is 0 Å². The van der Waals surface area contributed by atoms with Gasteiger partial charge in [-0.2, -0.15) is 0 Å². The summed E-state index contributed by atoms with van der Waals surface area (Å²) in [6.07, 6.45) is 5.95. The predicted molar refractivity (Wildman–Crippen MR) is 93.5 cm³/mol. The van der Waals surface area contributed by atoms with E-state index in [1.165, 1.54) is 25.7 Å². The molecular formula is C19H28N2O3. The van der Waals surface area contributed by atoms with Crippen LogP contribution < -0.4 is 10.6 Å². The van der Waals surface area contributed by atoms with Gasteiger partial charge in [0.15, 0.2) is 0 Å². The third-order valence-electron chi connectivity index (χ3n) is 4.83. The molecule has 0 spiro atoms. The maximum atomic E-state index is 12.1. The maximum Gasteiger partial charge on any atom is 0.251 e. The Balaban J connectivity index is 1.74. The first kappa shape index (κ1) is 18.5. The molecule has 132 valence electrons. The lowest BCUT2D eigenvalue weighted by Gasteiger charge is -2.26. The van der Waals surface area contributed by atoms with E-state index in [2.05, 4.69) is 17.6 Å². The minimum atomic E-state index is -0.913. The number of benzene rings is 1. The van der Waals surface area contributed by atoms with Crippen molar-refractivity contribution >= 4 is 11.8 Å². The van der Waals surface area contributed by atoms with Crippen molar-refractivity contribution in [1.82, 2.24) is 10.6 Å². The second-order valence-electron chi connectivity index (χ2n) is 6.78. The molecule has 1 aliphatic carbocycles. The molecule has 0 radical (unpaired) electrons. The molecule has 24 heavy (non-hydrogen) atoms. The second-order valence-corrected chi connectivity index (χ2v) is 6.78. The largest absolute Gasteiger partial charge is 0.394 e. The molecule has 1 aromatic rings. The highest BCUT2D eigenvalue weighted by Gasteiger charge is 2.21. The van der Waals surface area contributed by atoms with Gasteiger partial charge in [-0.1, -0.05) is 50.8 Å². The Labute approximate surface area is 143 Å². The normalized spacial score (nSPS) is 21.8. The summed E-state index contributed by atoms with van der Waals surface area (Å²) in [5.41, 5.74) is 0.472. The Kier molecular flexibility index (Phi) is 7.25. The predicted octanol–water partition coefficient (Wildman–Crippen LogP) is 2.11. The summed E-state index contributed by atoms with van der Waals surface area (Å²) in [6.45, 7) is 2.47. The molecule has 0 saturated heterocycles. The molecule has 1 saturated carbocycles. The lowest BCUT2D eigenvalue weighted by Crippen LogP contribution is -2.49. The molecule has 0 aliphatic heterocycles. The third-order valence-corrected chi connectivity index (χ3v) is 4.83. The summed E-state index contributed by atoms with van der Waals surface area (Å²) in [4.78, 5) is 24.2. The van der Waals surface area contributed by atoms with Gasteiger partial charge in [0.05, 0.1) is 6.61 Å². The number of hydrogen-bond donors (Lipinski definition) is 3. The van der Waals surface area contributed by atoms with Gasteiger partial charge in [-0.25, -0.2) is 0 Å². The first-order valence-corrected chi connectivity index (χ1v) is 8.84. The van der Waals surface area contributed by atoms with Crippen LogP contribution in [0.1, 0.15) is 49.4 Å². The molecule has 3 N–H and O–H groups in total. The average molecular weight is 332 g/mol. The molecule has 1 fully saturated rings. The van der Waals surface area contributed by atoms with Gasteiger partial charge in [-0.15, -0.1) is 0 Å². The Morgan fingerprint density at radius 1 is 1.17 bits per heavy atom. The topological polar surface area (TPSA) is 78.4 Å². The van der Waals surface area contributed by atoms with Crippen molar-refractivity contribution in [2.24, 2.45) is 11.8 Å². The number of nitrogens with one attached hydrogen (secondary N) is 2. The van der Waals surface area contributed by atoms with Crippen LogP contribution in [0.15, 0.2) is 30.3 Å². The van der Waals surface area contributed by atoms with Gasteiger partial charge in [0.1, 0.15) is 6.04 Å². The number of amides is 2. The number of hydrogen-bond acceptors (Lipinski definition) is 3. The first-order valence-electron chi connectivity index (χ1n) is 8.84. The minimum Gasteiger partial charge on any atom is -0.394 e. The Bertz CT molecular complexity index is 525. The van der Waals surface area contributed by atoms with E-state index in [0.29, 0.717) is 18.0 Å². The zero-order valence-corrected chi connectivity index (χ0v) is 14.3. The molecule has 2 amide bonds. The fourth-order valence-electron chi connectivity index (χ4n) is 3.17. The highest BCUT2D eigenvalue weighted by atomic mass is 16.3. The lowest BCUT2D eigenvalue weighted by atomic mass is 9.81. The van der Waals surface area contributed by atoms with Crippen LogP contribution in [0.4, 0.5) is 0 Å². The van der Waals surface area contributed by atoms with Crippen LogP contribution in [0.2, 0.25) is 0 Å². The van der Waals surface area contributed by atoms with Gasteiger partial charge in [-0.05, 0) is 30.4 Å². The molecule has 1 atom stereocenters. The van der Waals surface area contributed by atoms with Gasteiger partial charge >= 0.3 is 0 Å². The fraction of sp³-hybridized carbons (Fsp3) is 0.579. The first-order chi connectivity index (χ1) is 11.6. The summed E-state index contributed by atoms with van der Waals surface area (Å²) >= 11 is 0. The van der Waals surface area contributed by atoms with Crippen LogP contribution in [0.3, 0.4) is 0 Å². The molecule has 1 unspecified atom stereocenters. The molecular weight excluding hydrogens is 304 g/mol. The van der Waals surface area contributed by atoms with Crippen LogP contribution in [-0.4, -0.2) is 36.1 Å². The van der Waals surface area contributed by atoms with E-state index in [9.17, 15) is 14.7 Å². The van der Waals surface area contributed by atoms with Crippen LogP contribution in [0.25, 0.3) is 0 Å². The van der Waals surface area contributed by atoms with Gasteiger partial charge in [0.2, 0.25) is 5.91 Å². The summed E-state index contributed by atoms with van der Waals surface area (Å²) in [5.74, 6) is 0.813. The van der Waals surface area contributed by atoms with E-state index in [0.717, 1.165) is 12.3 Å². The van der Waals surface area contributed by atoms with Crippen LogP contribution in [0, 0.1) is 11.8 Å². The lowest BCUT2D eigenvalue weighted by molar-refractivity contribution is -0.123. The number of carbonyl (C=O) groups excluding carboxylic acids is 2. The smallest absolute Gasteiger partial charge is 0.251 e. The van der Waals surface area contributed by atoms with Crippen LogP contribution in [-0.2, 0) is 4.79 Å². The van der Waals surface area contributed by atoms with Crippen LogP contribution >= 0.6 is 0 Å². The fourth-order valence-corrected chi connectivity index (χ4v) is 3.17. The van der Waals surface area contributed by atoms with Gasteiger partial charge in [0, 0.05) is 12.1 Å². The minimum absolute atomic E-state index is 0.328. The molecule has 0 heterocycles. The third kappa shape index (κ3) is 5.64. The Hall–Kier alpha value is -1.88. The monoisotopic (exact) mass is 332 g/mol. The highest BCUT2D eigenvalue weighted by Crippen LogP contribution is 2.29. The van der Waals surface area contributed by atoms with E-state index in [1.54, 1.807) is 24.3 Å². The highest BCUT2D eigenvalue weighted by molar-refractivity contribution is 5.97. The van der Waals surface area contributed by atoms with Crippen molar-refractivity contribution in [1.29, 1.82) is 0 Å². The number of rotatable bonds is 7.